The minimum atomic E-state index is -0.697. The average Bonchev–Trinajstić information content (AvgIpc) is 3.03. The number of anilines is 2. The molecule has 0 spiro atoms. The maximum atomic E-state index is 11.5. The van der Waals surface area contributed by atoms with Gasteiger partial charge in [-0.15, -0.1) is 10.2 Å². The number of fused-ring (bicyclic) bond motifs is 2. The van der Waals surface area contributed by atoms with E-state index in [0.717, 1.165) is 33.4 Å². The van der Waals surface area contributed by atoms with Crippen LogP contribution < -0.4 is 16.8 Å². The summed E-state index contributed by atoms with van der Waals surface area (Å²) in [6.07, 6.45) is 0. The molecule has 8 nitrogen and oxygen atoms in total. The first kappa shape index (κ1) is 15.8. The summed E-state index contributed by atoms with van der Waals surface area (Å²) < 4.78 is 0. The number of hydrogen-bond acceptors (Lipinski definition) is 6. The number of primary amides is 1. The van der Waals surface area contributed by atoms with Crippen LogP contribution in [0.25, 0.3) is 32.9 Å². The number of nitrogens with two attached hydrogens (primary N) is 2. The van der Waals surface area contributed by atoms with Crippen LogP contribution in [0.1, 0.15) is 16.1 Å². The SMILES string of the molecule is CNc1n[nH]c2cc(-c3c(C)ccc4c(N)c(C(N)=O)nnc34)ccc12. The van der Waals surface area contributed by atoms with E-state index in [4.69, 9.17) is 11.5 Å². The van der Waals surface area contributed by atoms with Gasteiger partial charge < -0.3 is 16.8 Å². The zero-order valence-corrected chi connectivity index (χ0v) is 14.3. The van der Waals surface area contributed by atoms with Gasteiger partial charge in [-0.2, -0.15) is 5.10 Å². The van der Waals surface area contributed by atoms with Gasteiger partial charge in [0.1, 0.15) is 5.52 Å². The number of aromatic amines is 1. The number of carbonyl (C=O) groups is 1. The van der Waals surface area contributed by atoms with E-state index in [1.54, 1.807) is 0 Å². The monoisotopic (exact) mass is 347 g/mol. The lowest BCUT2D eigenvalue weighted by Gasteiger charge is -2.12. The Morgan fingerprint density at radius 2 is 1.92 bits per heavy atom. The third-order valence-electron chi connectivity index (χ3n) is 4.50. The molecule has 26 heavy (non-hydrogen) atoms. The molecule has 2 aromatic carbocycles. The Hall–Kier alpha value is -3.68. The first-order valence-corrected chi connectivity index (χ1v) is 8.02. The van der Waals surface area contributed by atoms with Crippen LogP contribution in [0.15, 0.2) is 30.3 Å². The van der Waals surface area contributed by atoms with Crippen molar-refractivity contribution in [2.75, 3.05) is 18.1 Å². The molecule has 130 valence electrons. The van der Waals surface area contributed by atoms with Crippen LogP contribution in [0.4, 0.5) is 11.5 Å². The van der Waals surface area contributed by atoms with Crippen molar-refractivity contribution in [3.8, 4) is 11.1 Å². The fourth-order valence-electron chi connectivity index (χ4n) is 3.21. The molecule has 0 radical (unpaired) electrons. The molecule has 2 heterocycles. The van der Waals surface area contributed by atoms with E-state index in [9.17, 15) is 4.79 Å². The number of nitrogens with zero attached hydrogens (tertiary/aromatic N) is 3. The first-order chi connectivity index (χ1) is 12.5. The summed E-state index contributed by atoms with van der Waals surface area (Å²) in [6, 6.07) is 9.77. The number of aryl methyl sites for hydroxylation is 1. The highest BCUT2D eigenvalue weighted by molar-refractivity contribution is 6.08. The molecular weight excluding hydrogens is 330 g/mol. The number of rotatable bonds is 3. The van der Waals surface area contributed by atoms with Gasteiger partial charge in [-0.05, 0) is 30.2 Å². The number of benzene rings is 2. The molecule has 0 saturated carbocycles. The van der Waals surface area contributed by atoms with Crippen LogP contribution in [-0.4, -0.2) is 33.3 Å². The van der Waals surface area contributed by atoms with Gasteiger partial charge in [0.05, 0.1) is 11.2 Å². The molecule has 0 unspecified atom stereocenters. The molecule has 0 saturated heterocycles. The van der Waals surface area contributed by atoms with Gasteiger partial charge in [0.2, 0.25) is 0 Å². The highest BCUT2D eigenvalue weighted by Crippen LogP contribution is 2.35. The third kappa shape index (κ3) is 2.23. The Morgan fingerprint density at radius 1 is 1.15 bits per heavy atom. The summed E-state index contributed by atoms with van der Waals surface area (Å²) >= 11 is 0. The fourth-order valence-corrected chi connectivity index (χ4v) is 3.21. The molecular formula is C18H17N7O. The minimum Gasteiger partial charge on any atom is -0.396 e. The van der Waals surface area contributed by atoms with Crippen molar-refractivity contribution in [2.45, 2.75) is 6.92 Å². The van der Waals surface area contributed by atoms with Crippen LogP contribution >= 0.6 is 0 Å². The Balaban J connectivity index is 2.00. The van der Waals surface area contributed by atoms with Gasteiger partial charge in [0, 0.05) is 23.4 Å². The molecule has 0 atom stereocenters. The van der Waals surface area contributed by atoms with E-state index in [1.165, 1.54) is 0 Å². The lowest BCUT2D eigenvalue weighted by molar-refractivity contribution is 0.0996. The molecule has 0 fully saturated rings. The van der Waals surface area contributed by atoms with Crippen molar-refractivity contribution >= 4 is 39.2 Å². The number of nitrogens with one attached hydrogen (secondary N) is 2. The molecule has 0 aliphatic carbocycles. The number of H-pyrrole nitrogens is 1. The minimum absolute atomic E-state index is 0.0185. The quantitative estimate of drug-likeness (QED) is 0.448. The van der Waals surface area contributed by atoms with Crippen molar-refractivity contribution in [3.05, 3.63) is 41.6 Å². The second kappa shape index (κ2) is 5.69. The van der Waals surface area contributed by atoms with Crippen molar-refractivity contribution < 1.29 is 4.79 Å². The number of carbonyl (C=O) groups excluding carboxylic acids is 1. The van der Waals surface area contributed by atoms with E-state index in [0.29, 0.717) is 10.9 Å². The summed E-state index contributed by atoms with van der Waals surface area (Å²) in [5.74, 6) is 0.0915. The van der Waals surface area contributed by atoms with E-state index in [1.807, 2.05) is 44.3 Å². The fraction of sp³-hybridized carbons (Fsp3) is 0.111. The maximum absolute atomic E-state index is 11.5. The highest BCUT2D eigenvalue weighted by atomic mass is 16.1. The van der Waals surface area contributed by atoms with E-state index in [2.05, 4.69) is 25.7 Å². The van der Waals surface area contributed by atoms with Crippen LogP contribution in [0.2, 0.25) is 0 Å². The van der Waals surface area contributed by atoms with Crippen LogP contribution in [0, 0.1) is 6.92 Å². The topological polar surface area (TPSA) is 136 Å². The Labute approximate surface area is 148 Å². The largest absolute Gasteiger partial charge is 0.396 e. The lowest BCUT2D eigenvalue weighted by Crippen LogP contribution is -2.16. The molecule has 0 bridgehead atoms. The van der Waals surface area contributed by atoms with Crippen molar-refractivity contribution in [1.29, 1.82) is 0 Å². The molecule has 1 amide bonds. The van der Waals surface area contributed by atoms with Gasteiger partial charge in [-0.3, -0.25) is 9.89 Å². The van der Waals surface area contributed by atoms with Crippen LogP contribution in [0.5, 0.6) is 0 Å². The second-order valence-electron chi connectivity index (χ2n) is 6.06. The van der Waals surface area contributed by atoms with Gasteiger partial charge in [-0.25, -0.2) is 0 Å². The first-order valence-electron chi connectivity index (χ1n) is 8.02. The molecule has 0 aliphatic rings. The Kier molecular flexibility index (Phi) is 3.47. The Morgan fingerprint density at radius 3 is 2.65 bits per heavy atom. The maximum Gasteiger partial charge on any atom is 0.271 e. The van der Waals surface area contributed by atoms with E-state index in [-0.39, 0.29) is 11.4 Å². The molecule has 6 N–H and O–H groups in total. The van der Waals surface area contributed by atoms with Crippen molar-refractivity contribution in [3.63, 3.8) is 0 Å². The number of amides is 1. The predicted octanol–water partition coefficient (Wildman–Crippen LogP) is 2.20. The zero-order valence-electron chi connectivity index (χ0n) is 14.3. The molecule has 4 aromatic rings. The molecule has 0 aliphatic heterocycles. The molecule has 2 aromatic heterocycles. The van der Waals surface area contributed by atoms with Crippen LogP contribution in [-0.2, 0) is 0 Å². The third-order valence-corrected chi connectivity index (χ3v) is 4.50. The summed E-state index contributed by atoms with van der Waals surface area (Å²) in [7, 11) is 1.83. The molecule has 8 heteroatoms. The smallest absolute Gasteiger partial charge is 0.271 e. The highest BCUT2D eigenvalue weighted by Gasteiger charge is 2.17. The average molecular weight is 347 g/mol. The van der Waals surface area contributed by atoms with E-state index < -0.39 is 5.91 Å². The van der Waals surface area contributed by atoms with Gasteiger partial charge in [-0.1, -0.05) is 18.2 Å². The van der Waals surface area contributed by atoms with Gasteiger partial charge in [0.25, 0.3) is 5.91 Å². The summed E-state index contributed by atoms with van der Waals surface area (Å²) in [4.78, 5) is 11.5. The predicted molar refractivity (Wildman–Crippen MR) is 102 cm³/mol. The normalized spacial score (nSPS) is 11.2. The van der Waals surface area contributed by atoms with Gasteiger partial charge in [0.15, 0.2) is 11.5 Å². The summed E-state index contributed by atoms with van der Waals surface area (Å²) in [5.41, 5.74) is 16.0. The van der Waals surface area contributed by atoms with Crippen molar-refractivity contribution in [1.82, 2.24) is 20.4 Å². The zero-order chi connectivity index (χ0) is 18.4. The number of aromatic nitrogens is 4. The van der Waals surface area contributed by atoms with Gasteiger partial charge >= 0.3 is 0 Å². The van der Waals surface area contributed by atoms with Crippen molar-refractivity contribution in [2.24, 2.45) is 5.73 Å². The van der Waals surface area contributed by atoms with Crippen LogP contribution in [0.3, 0.4) is 0 Å². The summed E-state index contributed by atoms with van der Waals surface area (Å²) in [5, 5.41) is 20.1. The number of nitrogen functional groups attached to an aromatic ring is 1. The Bertz CT molecular complexity index is 1180. The standard InChI is InChI=1S/C18H17N7O/c1-8-3-5-11-14(19)16(17(20)26)24-23-15(11)13(8)9-4-6-10-12(7-9)22-25-18(10)21-2/h3-7H,1-2H3,(H2,19,23)(H2,20,26)(H2,21,22,25). The molecule has 4 rings (SSSR count). The van der Waals surface area contributed by atoms with E-state index >= 15 is 0 Å². The summed E-state index contributed by atoms with van der Waals surface area (Å²) in [6.45, 7) is 1.99. The second-order valence-corrected chi connectivity index (χ2v) is 6.06. The lowest BCUT2D eigenvalue weighted by atomic mass is 9.96. The number of hydrogen-bond donors (Lipinski definition) is 4.